The molecule has 0 aromatic heterocycles. The monoisotopic (exact) mass is 377 g/mol. The number of ether oxygens (including phenoxy) is 2. The zero-order valence-corrected chi connectivity index (χ0v) is 15.8. The number of nitrogens with one attached hydrogen (secondary N) is 1. The molecule has 28 heavy (non-hydrogen) atoms. The van der Waals surface area contributed by atoms with Crippen LogP contribution in [0.3, 0.4) is 0 Å². The van der Waals surface area contributed by atoms with Crippen LogP contribution in [-0.4, -0.2) is 32.6 Å². The van der Waals surface area contributed by atoms with Crippen molar-refractivity contribution in [1.29, 1.82) is 0 Å². The molecule has 0 amide bonds. The summed E-state index contributed by atoms with van der Waals surface area (Å²) in [4.78, 5) is 0. The molecule has 2 aromatic carbocycles. The van der Waals surface area contributed by atoms with Gasteiger partial charge in [0, 0.05) is 12.4 Å². The van der Waals surface area contributed by atoms with E-state index in [4.69, 9.17) is 15.2 Å². The van der Waals surface area contributed by atoms with E-state index in [1.807, 2.05) is 60.7 Å². The minimum Gasteiger partial charge on any atom is -0.497 e. The third-order valence-electron chi connectivity index (χ3n) is 3.47. The number of rotatable bonds is 8. The summed E-state index contributed by atoms with van der Waals surface area (Å²) in [5, 5.41) is 11.6. The molecule has 2 aromatic rings. The summed E-state index contributed by atoms with van der Waals surface area (Å²) in [6.07, 6.45) is 10.4. The van der Waals surface area contributed by atoms with Gasteiger partial charge in [0.25, 0.3) is 0 Å². The highest BCUT2D eigenvalue weighted by molar-refractivity contribution is 5.83. The van der Waals surface area contributed by atoms with Gasteiger partial charge in [-0.15, -0.1) is 5.10 Å². The topological polar surface area (TPSA) is 93.6 Å². The molecule has 144 valence electrons. The van der Waals surface area contributed by atoms with Crippen molar-refractivity contribution in [1.82, 2.24) is 5.43 Å². The van der Waals surface area contributed by atoms with Crippen LogP contribution in [0.4, 0.5) is 0 Å². The van der Waals surface area contributed by atoms with Crippen molar-refractivity contribution < 1.29 is 9.47 Å². The van der Waals surface area contributed by atoms with E-state index in [-0.39, 0.29) is 5.96 Å². The molecule has 2 rings (SSSR count). The maximum atomic E-state index is 5.66. The number of guanidine groups is 1. The molecule has 0 aliphatic carbocycles. The lowest BCUT2D eigenvalue weighted by Gasteiger charge is -1.98. The molecule has 0 saturated carbocycles. The maximum Gasteiger partial charge on any atom is 0.234 e. The maximum absolute atomic E-state index is 5.66. The summed E-state index contributed by atoms with van der Waals surface area (Å²) >= 11 is 0. The van der Waals surface area contributed by atoms with Crippen LogP contribution in [-0.2, 0) is 0 Å². The fraction of sp³-hybridized carbons (Fsp3) is 0.0952. The highest BCUT2D eigenvalue weighted by Crippen LogP contribution is 2.12. The molecule has 0 bridgehead atoms. The van der Waals surface area contributed by atoms with Gasteiger partial charge in [0.2, 0.25) is 5.96 Å². The van der Waals surface area contributed by atoms with Crippen LogP contribution in [0.1, 0.15) is 11.1 Å². The molecule has 0 aliphatic heterocycles. The van der Waals surface area contributed by atoms with Gasteiger partial charge in [0.05, 0.1) is 14.2 Å². The Kier molecular flexibility index (Phi) is 8.53. The largest absolute Gasteiger partial charge is 0.497 e. The smallest absolute Gasteiger partial charge is 0.234 e. The van der Waals surface area contributed by atoms with E-state index in [0.29, 0.717) is 0 Å². The Bertz CT molecular complexity index is 867. The van der Waals surface area contributed by atoms with Crippen LogP contribution in [0.2, 0.25) is 0 Å². The second-order valence-electron chi connectivity index (χ2n) is 5.40. The molecule has 0 fully saturated rings. The second kappa shape index (κ2) is 11.7. The molecular formula is C21H23N5O2. The summed E-state index contributed by atoms with van der Waals surface area (Å²) in [5.41, 5.74) is 10.3. The first-order valence-corrected chi connectivity index (χ1v) is 8.48. The normalized spacial score (nSPS) is 12.4. The molecule has 0 spiro atoms. The molecule has 0 radical (unpaired) electrons. The van der Waals surface area contributed by atoms with E-state index >= 15 is 0 Å². The number of hydrogen-bond donors (Lipinski definition) is 2. The van der Waals surface area contributed by atoms with E-state index < -0.39 is 0 Å². The Morgan fingerprint density at radius 1 is 0.821 bits per heavy atom. The molecular weight excluding hydrogens is 354 g/mol. The van der Waals surface area contributed by atoms with Crippen molar-refractivity contribution in [2.45, 2.75) is 0 Å². The van der Waals surface area contributed by atoms with Gasteiger partial charge < -0.3 is 15.2 Å². The van der Waals surface area contributed by atoms with E-state index in [0.717, 1.165) is 22.6 Å². The van der Waals surface area contributed by atoms with Crippen LogP contribution >= 0.6 is 0 Å². The van der Waals surface area contributed by atoms with Gasteiger partial charge in [-0.05, 0) is 47.5 Å². The van der Waals surface area contributed by atoms with Crippen LogP contribution in [0.5, 0.6) is 11.5 Å². The first-order valence-electron chi connectivity index (χ1n) is 8.48. The van der Waals surface area contributed by atoms with Crippen molar-refractivity contribution in [3.63, 3.8) is 0 Å². The third kappa shape index (κ3) is 7.57. The molecule has 3 N–H and O–H groups in total. The van der Waals surface area contributed by atoms with E-state index in [9.17, 15) is 0 Å². The average Bonchev–Trinajstić information content (AvgIpc) is 2.74. The lowest BCUT2D eigenvalue weighted by molar-refractivity contribution is 0.414. The van der Waals surface area contributed by atoms with Crippen LogP contribution in [0, 0.1) is 0 Å². The van der Waals surface area contributed by atoms with Crippen LogP contribution < -0.4 is 20.6 Å². The molecule has 0 aliphatic rings. The summed E-state index contributed by atoms with van der Waals surface area (Å²) in [6.45, 7) is 0. The van der Waals surface area contributed by atoms with E-state index in [2.05, 4.69) is 20.7 Å². The number of methoxy groups -OCH3 is 2. The predicted octanol–water partition coefficient (Wildman–Crippen LogP) is 3.31. The van der Waals surface area contributed by atoms with Gasteiger partial charge in [0.1, 0.15) is 11.5 Å². The highest BCUT2D eigenvalue weighted by atomic mass is 16.5. The van der Waals surface area contributed by atoms with E-state index in [1.54, 1.807) is 32.6 Å². The molecule has 7 nitrogen and oxygen atoms in total. The third-order valence-corrected chi connectivity index (χ3v) is 3.47. The Morgan fingerprint density at radius 2 is 1.32 bits per heavy atom. The number of hydrogen-bond acceptors (Lipinski definition) is 5. The zero-order chi connectivity index (χ0) is 20.0. The quantitative estimate of drug-likeness (QED) is 0.419. The average molecular weight is 377 g/mol. The first-order chi connectivity index (χ1) is 13.7. The van der Waals surface area contributed by atoms with Crippen molar-refractivity contribution in [2.75, 3.05) is 14.2 Å². The Morgan fingerprint density at radius 3 is 1.82 bits per heavy atom. The number of allylic oxidation sites excluding steroid dienone is 2. The zero-order valence-electron chi connectivity index (χ0n) is 15.8. The second-order valence-corrected chi connectivity index (χ2v) is 5.40. The molecule has 0 saturated heterocycles. The van der Waals surface area contributed by atoms with Gasteiger partial charge >= 0.3 is 0 Å². The Balaban J connectivity index is 1.74. The summed E-state index contributed by atoms with van der Waals surface area (Å²) in [7, 11) is 3.27. The SMILES string of the molecule is COc1ccc(C=CC=NN=C(N)NN=CC=Cc2ccc(OC)cc2)cc1. The summed E-state index contributed by atoms with van der Waals surface area (Å²) < 4.78 is 10.2. The minimum absolute atomic E-state index is 0.0863. The number of nitrogens with two attached hydrogens (primary N) is 1. The van der Waals surface area contributed by atoms with Crippen LogP contribution in [0.25, 0.3) is 12.2 Å². The predicted molar refractivity (Wildman–Crippen MR) is 116 cm³/mol. The van der Waals surface area contributed by atoms with Crippen molar-refractivity contribution in [2.24, 2.45) is 21.0 Å². The van der Waals surface area contributed by atoms with Gasteiger partial charge in [-0.2, -0.15) is 10.2 Å². The van der Waals surface area contributed by atoms with Crippen molar-refractivity contribution >= 4 is 30.5 Å². The first kappa shape index (κ1) is 20.4. The summed E-state index contributed by atoms with van der Waals surface area (Å²) in [6, 6.07) is 15.3. The number of nitrogens with zero attached hydrogens (tertiary/aromatic N) is 3. The van der Waals surface area contributed by atoms with Gasteiger partial charge in [-0.1, -0.05) is 36.4 Å². The number of hydrazone groups is 1. The fourth-order valence-corrected chi connectivity index (χ4v) is 2.04. The fourth-order valence-electron chi connectivity index (χ4n) is 2.04. The van der Waals surface area contributed by atoms with Gasteiger partial charge in [-0.25, -0.2) is 5.43 Å². The lowest BCUT2D eigenvalue weighted by Crippen LogP contribution is -2.26. The molecule has 0 atom stereocenters. The standard InChI is InChI=1S/C21H23N5O2/c1-27-19-11-7-17(8-12-19)5-3-15-23-25-21(22)26-24-16-4-6-18-9-13-20(28-2)14-10-18/h3-16H,1-2H3,(H3,22,25,26). The Labute approximate surface area is 164 Å². The minimum atomic E-state index is 0.0863. The van der Waals surface area contributed by atoms with E-state index in [1.165, 1.54) is 6.21 Å². The lowest BCUT2D eigenvalue weighted by atomic mass is 10.2. The van der Waals surface area contributed by atoms with Crippen LogP contribution in [0.15, 0.2) is 76.0 Å². The van der Waals surface area contributed by atoms with Crippen molar-refractivity contribution in [3.8, 4) is 11.5 Å². The number of benzene rings is 2. The summed E-state index contributed by atoms with van der Waals surface area (Å²) in [5.74, 6) is 1.72. The van der Waals surface area contributed by atoms with Gasteiger partial charge in [0.15, 0.2) is 0 Å². The van der Waals surface area contributed by atoms with Crippen molar-refractivity contribution in [3.05, 3.63) is 71.8 Å². The Hall–Kier alpha value is -3.87. The molecule has 0 unspecified atom stereocenters. The molecule has 7 heteroatoms. The highest BCUT2D eigenvalue weighted by Gasteiger charge is 1.90. The molecule has 0 heterocycles. The van der Waals surface area contributed by atoms with Gasteiger partial charge in [-0.3, -0.25) is 0 Å².